The molecule has 0 bridgehead atoms. The monoisotopic (exact) mass is 263 g/mol. The summed E-state index contributed by atoms with van der Waals surface area (Å²) in [4.78, 5) is 12.2. The fourth-order valence-corrected chi connectivity index (χ4v) is 1.71. The molecular weight excluding hydrogens is 252 g/mol. The third-order valence-corrected chi connectivity index (χ3v) is 2.71. The van der Waals surface area contributed by atoms with Crippen molar-refractivity contribution in [1.82, 2.24) is 0 Å². The van der Waals surface area contributed by atoms with Crippen LogP contribution in [0.4, 0.5) is 14.5 Å². The minimum atomic E-state index is -1.08. The number of carbonyl (C=O) groups excluding carboxylic acids is 1. The van der Waals surface area contributed by atoms with Crippen molar-refractivity contribution in [2.24, 2.45) is 0 Å². The zero-order chi connectivity index (χ0) is 14.0. The minimum Gasteiger partial charge on any atom is -0.495 e. The molecule has 0 saturated carbocycles. The number of halogens is 2. The highest BCUT2D eigenvalue weighted by Crippen LogP contribution is 2.27. The largest absolute Gasteiger partial charge is 0.495 e. The van der Waals surface area contributed by atoms with E-state index in [9.17, 15) is 13.6 Å². The van der Waals surface area contributed by atoms with Gasteiger partial charge in [0, 0.05) is 11.1 Å². The minimum absolute atomic E-state index is 0.0267. The third-order valence-electron chi connectivity index (χ3n) is 2.71. The molecule has 98 valence electrons. The standard InChI is InChI=1S/C14H11F2NO2/c1-19-12-4-2-3-9(13(12)17)14(18)8-5-6-10(15)11(16)7-8/h2-7H,17H2,1H3. The highest BCUT2D eigenvalue weighted by Gasteiger charge is 2.16. The van der Waals surface area contributed by atoms with E-state index in [1.54, 1.807) is 12.1 Å². The lowest BCUT2D eigenvalue weighted by Crippen LogP contribution is -2.07. The fraction of sp³-hybridized carbons (Fsp3) is 0.0714. The zero-order valence-electron chi connectivity index (χ0n) is 10.1. The van der Waals surface area contributed by atoms with Gasteiger partial charge in [-0.05, 0) is 30.3 Å². The molecule has 2 rings (SSSR count). The van der Waals surface area contributed by atoms with Gasteiger partial charge in [-0.1, -0.05) is 6.07 Å². The first-order chi connectivity index (χ1) is 9.04. The molecule has 19 heavy (non-hydrogen) atoms. The summed E-state index contributed by atoms with van der Waals surface area (Å²) in [7, 11) is 1.43. The summed E-state index contributed by atoms with van der Waals surface area (Å²) in [6.07, 6.45) is 0. The van der Waals surface area contributed by atoms with Gasteiger partial charge in [-0.25, -0.2) is 8.78 Å². The highest BCUT2D eigenvalue weighted by molar-refractivity contribution is 6.12. The van der Waals surface area contributed by atoms with Crippen molar-refractivity contribution in [3.8, 4) is 5.75 Å². The lowest BCUT2D eigenvalue weighted by Gasteiger charge is -2.09. The van der Waals surface area contributed by atoms with E-state index in [-0.39, 0.29) is 16.8 Å². The van der Waals surface area contributed by atoms with E-state index >= 15 is 0 Å². The number of benzene rings is 2. The first-order valence-corrected chi connectivity index (χ1v) is 5.47. The maximum Gasteiger partial charge on any atom is 0.195 e. The summed E-state index contributed by atoms with van der Waals surface area (Å²) >= 11 is 0. The van der Waals surface area contributed by atoms with Gasteiger partial charge >= 0.3 is 0 Å². The molecule has 0 unspecified atom stereocenters. The quantitative estimate of drug-likeness (QED) is 0.684. The number of nitrogens with two attached hydrogens (primary N) is 1. The number of anilines is 1. The van der Waals surface area contributed by atoms with Crippen LogP contribution in [0.25, 0.3) is 0 Å². The maximum atomic E-state index is 13.1. The van der Waals surface area contributed by atoms with E-state index in [1.807, 2.05) is 0 Å². The molecule has 2 N–H and O–H groups in total. The fourth-order valence-electron chi connectivity index (χ4n) is 1.71. The maximum absolute atomic E-state index is 13.1. The summed E-state index contributed by atoms with van der Waals surface area (Å²) in [5.74, 6) is -2.22. The Hall–Kier alpha value is -2.43. The Morgan fingerprint density at radius 1 is 1.16 bits per heavy atom. The van der Waals surface area contributed by atoms with Crippen molar-refractivity contribution in [2.75, 3.05) is 12.8 Å². The molecule has 0 aromatic heterocycles. The molecule has 5 heteroatoms. The summed E-state index contributed by atoms with van der Waals surface area (Å²) in [6, 6.07) is 7.66. The van der Waals surface area contributed by atoms with Crippen LogP contribution in [0.3, 0.4) is 0 Å². The Labute approximate surface area is 108 Å². The number of rotatable bonds is 3. The Kier molecular flexibility index (Phi) is 3.46. The molecule has 0 radical (unpaired) electrons. The van der Waals surface area contributed by atoms with Gasteiger partial charge in [0.2, 0.25) is 0 Å². The zero-order valence-corrected chi connectivity index (χ0v) is 10.1. The van der Waals surface area contributed by atoms with Gasteiger partial charge in [0.1, 0.15) is 5.75 Å². The molecule has 2 aromatic rings. The van der Waals surface area contributed by atoms with Crippen molar-refractivity contribution in [1.29, 1.82) is 0 Å². The van der Waals surface area contributed by atoms with E-state index in [1.165, 1.54) is 19.2 Å². The number of ketones is 1. The van der Waals surface area contributed by atoms with Crippen LogP contribution in [-0.2, 0) is 0 Å². The Morgan fingerprint density at radius 3 is 2.53 bits per heavy atom. The number of hydrogen-bond donors (Lipinski definition) is 1. The first-order valence-electron chi connectivity index (χ1n) is 5.47. The van der Waals surface area contributed by atoms with Crippen LogP contribution in [0.15, 0.2) is 36.4 Å². The average molecular weight is 263 g/mol. The van der Waals surface area contributed by atoms with Gasteiger partial charge in [-0.15, -0.1) is 0 Å². The van der Waals surface area contributed by atoms with Crippen LogP contribution >= 0.6 is 0 Å². The molecular formula is C14H11F2NO2. The molecule has 0 aliphatic heterocycles. The van der Waals surface area contributed by atoms with Crippen molar-refractivity contribution in [3.63, 3.8) is 0 Å². The summed E-state index contributed by atoms with van der Waals surface area (Å²) in [5.41, 5.74) is 6.17. The van der Waals surface area contributed by atoms with E-state index in [4.69, 9.17) is 10.5 Å². The molecule has 0 saturated heterocycles. The molecule has 0 heterocycles. The van der Waals surface area contributed by atoms with Gasteiger partial charge in [0.25, 0.3) is 0 Å². The van der Waals surface area contributed by atoms with Crippen LogP contribution in [0.2, 0.25) is 0 Å². The summed E-state index contributed by atoms with van der Waals surface area (Å²) in [6.45, 7) is 0. The molecule has 0 atom stereocenters. The normalized spacial score (nSPS) is 10.3. The molecule has 0 fully saturated rings. The van der Waals surface area contributed by atoms with Crippen molar-refractivity contribution in [2.45, 2.75) is 0 Å². The van der Waals surface area contributed by atoms with Gasteiger partial charge < -0.3 is 10.5 Å². The van der Waals surface area contributed by atoms with Crippen LogP contribution in [0, 0.1) is 11.6 Å². The lowest BCUT2D eigenvalue weighted by atomic mass is 10.0. The number of carbonyl (C=O) groups is 1. The Morgan fingerprint density at radius 2 is 1.89 bits per heavy atom. The van der Waals surface area contributed by atoms with Crippen molar-refractivity contribution < 1.29 is 18.3 Å². The van der Waals surface area contributed by atoms with Gasteiger partial charge in [0.05, 0.1) is 12.8 Å². The first kappa shape index (κ1) is 13.0. The number of nitrogen functional groups attached to an aromatic ring is 1. The number of hydrogen-bond acceptors (Lipinski definition) is 3. The van der Waals surface area contributed by atoms with E-state index in [0.29, 0.717) is 5.75 Å². The van der Waals surface area contributed by atoms with E-state index < -0.39 is 17.4 Å². The second-order valence-electron chi connectivity index (χ2n) is 3.88. The van der Waals surface area contributed by atoms with E-state index in [0.717, 1.165) is 12.1 Å². The van der Waals surface area contributed by atoms with E-state index in [2.05, 4.69) is 0 Å². The molecule has 3 nitrogen and oxygen atoms in total. The molecule has 0 amide bonds. The topological polar surface area (TPSA) is 52.3 Å². The highest BCUT2D eigenvalue weighted by atomic mass is 19.2. The molecule has 2 aromatic carbocycles. The second-order valence-corrected chi connectivity index (χ2v) is 3.88. The number of methoxy groups -OCH3 is 1. The van der Waals surface area contributed by atoms with Crippen molar-refractivity contribution >= 4 is 11.5 Å². The van der Waals surface area contributed by atoms with Crippen LogP contribution < -0.4 is 10.5 Å². The molecule has 0 spiro atoms. The summed E-state index contributed by atoms with van der Waals surface area (Å²) in [5, 5.41) is 0. The molecule has 0 aliphatic rings. The van der Waals surface area contributed by atoms with Crippen LogP contribution in [0.5, 0.6) is 5.75 Å². The smallest absolute Gasteiger partial charge is 0.195 e. The SMILES string of the molecule is COc1cccc(C(=O)c2ccc(F)c(F)c2)c1N. The van der Waals surface area contributed by atoms with Crippen molar-refractivity contribution in [3.05, 3.63) is 59.2 Å². The predicted molar refractivity (Wildman–Crippen MR) is 67.2 cm³/mol. The number of ether oxygens (including phenoxy) is 1. The Balaban J connectivity index is 2.47. The predicted octanol–water partition coefficient (Wildman–Crippen LogP) is 2.79. The Bertz CT molecular complexity index is 641. The van der Waals surface area contributed by atoms with Crippen LogP contribution in [0.1, 0.15) is 15.9 Å². The average Bonchev–Trinajstić information content (AvgIpc) is 2.41. The number of para-hydroxylation sites is 1. The second kappa shape index (κ2) is 5.06. The lowest BCUT2D eigenvalue weighted by molar-refractivity contribution is 0.103. The van der Waals surface area contributed by atoms with Gasteiger partial charge in [-0.2, -0.15) is 0 Å². The van der Waals surface area contributed by atoms with Gasteiger partial charge in [-0.3, -0.25) is 4.79 Å². The molecule has 0 aliphatic carbocycles. The van der Waals surface area contributed by atoms with Crippen LogP contribution in [-0.4, -0.2) is 12.9 Å². The third kappa shape index (κ3) is 2.40. The summed E-state index contributed by atoms with van der Waals surface area (Å²) < 4.78 is 31.0. The van der Waals surface area contributed by atoms with Gasteiger partial charge in [0.15, 0.2) is 17.4 Å².